The lowest BCUT2D eigenvalue weighted by Crippen LogP contribution is -2.12. The summed E-state index contributed by atoms with van der Waals surface area (Å²) in [5.41, 5.74) is 1.23. The minimum Gasteiger partial charge on any atom is -0.478 e. The molecule has 0 saturated carbocycles. The van der Waals surface area contributed by atoms with Gasteiger partial charge in [0.1, 0.15) is 0 Å². The molecular weight excluding hydrogens is 268 g/mol. The zero-order chi connectivity index (χ0) is 15.1. The highest BCUT2D eigenvalue weighted by molar-refractivity contribution is 6.02. The van der Waals surface area contributed by atoms with E-state index in [1.165, 1.54) is 17.7 Å². The minimum absolute atomic E-state index is 0.0365. The van der Waals surface area contributed by atoms with Gasteiger partial charge in [-0.25, -0.2) is 9.59 Å². The summed E-state index contributed by atoms with van der Waals surface area (Å²) < 4.78 is 5.14. The summed E-state index contributed by atoms with van der Waals surface area (Å²) in [5.74, 6) is -1.73. The van der Waals surface area contributed by atoms with Crippen molar-refractivity contribution in [1.29, 1.82) is 0 Å². The number of hydrogen-bond acceptors (Lipinski definition) is 3. The van der Waals surface area contributed by atoms with Gasteiger partial charge in [-0.3, -0.25) is 0 Å². The Balaban J connectivity index is 1.86. The third-order valence-corrected chi connectivity index (χ3v) is 3.06. The normalized spacial score (nSPS) is 10.1. The molecule has 0 unspecified atom stereocenters. The molecular formula is C17H16O4. The van der Waals surface area contributed by atoms with Gasteiger partial charge in [-0.2, -0.15) is 0 Å². The van der Waals surface area contributed by atoms with Crippen LogP contribution in [0.5, 0.6) is 0 Å². The zero-order valence-electron chi connectivity index (χ0n) is 11.5. The lowest BCUT2D eigenvalue weighted by Gasteiger charge is -2.07. The Morgan fingerprint density at radius 3 is 2.19 bits per heavy atom. The number of aromatic carboxylic acids is 1. The first-order chi connectivity index (χ1) is 10.2. The summed E-state index contributed by atoms with van der Waals surface area (Å²) in [7, 11) is 0. The number of ether oxygens (including phenoxy) is 1. The molecule has 2 aromatic carbocycles. The van der Waals surface area contributed by atoms with Crippen molar-refractivity contribution >= 4 is 11.9 Å². The van der Waals surface area contributed by atoms with Crippen molar-refractivity contribution in [1.82, 2.24) is 0 Å². The Hall–Kier alpha value is -2.62. The van der Waals surface area contributed by atoms with Crippen molar-refractivity contribution in [3.05, 3.63) is 71.3 Å². The number of carbonyl (C=O) groups is 2. The number of benzene rings is 2. The van der Waals surface area contributed by atoms with Crippen LogP contribution in [-0.4, -0.2) is 23.7 Å². The van der Waals surface area contributed by atoms with E-state index in [-0.39, 0.29) is 17.7 Å². The summed E-state index contributed by atoms with van der Waals surface area (Å²) in [4.78, 5) is 22.9. The van der Waals surface area contributed by atoms with Crippen LogP contribution < -0.4 is 0 Å². The number of esters is 1. The van der Waals surface area contributed by atoms with Gasteiger partial charge in [0.05, 0.1) is 17.7 Å². The molecule has 2 aromatic rings. The molecule has 0 saturated heterocycles. The van der Waals surface area contributed by atoms with E-state index in [4.69, 9.17) is 9.84 Å². The second-order valence-corrected chi connectivity index (χ2v) is 4.58. The second kappa shape index (κ2) is 7.24. The van der Waals surface area contributed by atoms with Gasteiger partial charge in [-0.1, -0.05) is 42.5 Å². The first-order valence-corrected chi connectivity index (χ1v) is 6.72. The van der Waals surface area contributed by atoms with Gasteiger partial charge in [0.2, 0.25) is 0 Å². The molecule has 0 radical (unpaired) electrons. The average molecular weight is 284 g/mol. The maximum Gasteiger partial charge on any atom is 0.339 e. The van der Waals surface area contributed by atoms with Crippen molar-refractivity contribution in [3.8, 4) is 0 Å². The van der Waals surface area contributed by atoms with E-state index in [9.17, 15) is 9.59 Å². The molecule has 2 rings (SSSR count). The standard InChI is InChI=1S/C17H16O4/c18-16(19)14-10-4-5-11-15(14)17(20)21-12-6-9-13-7-2-1-3-8-13/h1-5,7-8,10-11H,6,9,12H2,(H,18,19). The van der Waals surface area contributed by atoms with Gasteiger partial charge in [-0.15, -0.1) is 0 Å². The van der Waals surface area contributed by atoms with Crippen LogP contribution in [-0.2, 0) is 11.2 Å². The second-order valence-electron chi connectivity index (χ2n) is 4.58. The first kappa shape index (κ1) is 14.8. The SMILES string of the molecule is O=C(O)c1ccccc1C(=O)OCCCc1ccccc1. The molecule has 4 nitrogen and oxygen atoms in total. The Morgan fingerprint density at radius 1 is 0.905 bits per heavy atom. The minimum atomic E-state index is -1.13. The van der Waals surface area contributed by atoms with Crippen LogP contribution in [0.15, 0.2) is 54.6 Å². The molecule has 0 aliphatic rings. The van der Waals surface area contributed by atoms with Crippen molar-refractivity contribution in [2.75, 3.05) is 6.61 Å². The third kappa shape index (κ3) is 4.18. The van der Waals surface area contributed by atoms with E-state index in [2.05, 4.69) is 0 Å². The molecule has 21 heavy (non-hydrogen) atoms. The molecule has 0 aliphatic heterocycles. The predicted octanol–water partition coefficient (Wildman–Crippen LogP) is 3.17. The third-order valence-electron chi connectivity index (χ3n) is 3.06. The Kier molecular flexibility index (Phi) is 5.10. The fraction of sp³-hybridized carbons (Fsp3) is 0.176. The molecule has 4 heteroatoms. The Bertz CT molecular complexity index is 620. The van der Waals surface area contributed by atoms with Crippen molar-refractivity contribution in [2.24, 2.45) is 0 Å². The van der Waals surface area contributed by atoms with Gasteiger partial charge >= 0.3 is 11.9 Å². The van der Waals surface area contributed by atoms with Crippen LogP contribution in [0.1, 0.15) is 32.7 Å². The zero-order valence-corrected chi connectivity index (χ0v) is 11.5. The molecule has 0 aliphatic carbocycles. The van der Waals surface area contributed by atoms with Gasteiger partial charge in [0.15, 0.2) is 0 Å². The maximum absolute atomic E-state index is 11.9. The highest BCUT2D eigenvalue weighted by Gasteiger charge is 2.16. The van der Waals surface area contributed by atoms with Crippen molar-refractivity contribution in [2.45, 2.75) is 12.8 Å². The van der Waals surface area contributed by atoms with E-state index in [1.807, 2.05) is 30.3 Å². The monoisotopic (exact) mass is 284 g/mol. The van der Waals surface area contributed by atoms with Crippen LogP contribution in [0.2, 0.25) is 0 Å². The smallest absolute Gasteiger partial charge is 0.339 e. The van der Waals surface area contributed by atoms with Crippen molar-refractivity contribution < 1.29 is 19.4 Å². The van der Waals surface area contributed by atoms with Crippen LogP contribution in [0.25, 0.3) is 0 Å². The maximum atomic E-state index is 11.9. The quantitative estimate of drug-likeness (QED) is 0.653. The molecule has 0 fully saturated rings. The van der Waals surface area contributed by atoms with E-state index < -0.39 is 11.9 Å². The summed E-state index contributed by atoms with van der Waals surface area (Å²) in [5, 5.41) is 9.03. The number of aryl methyl sites for hydroxylation is 1. The van der Waals surface area contributed by atoms with E-state index in [0.29, 0.717) is 6.42 Å². The number of hydrogen-bond donors (Lipinski definition) is 1. The van der Waals surface area contributed by atoms with E-state index >= 15 is 0 Å². The van der Waals surface area contributed by atoms with Gasteiger partial charge < -0.3 is 9.84 Å². The van der Waals surface area contributed by atoms with Gasteiger partial charge in [0.25, 0.3) is 0 Å². The lowest BCUT2D eigenvalue weighted by atomic mass is 10.1. The van der Waals surface area contributed by atoms with Crippen LogP contribution in [0.3, 0.4) is 0 Å². The largest absolute Gasteiger partial charge is 0.478 e. The molecule has 0 amide bonds. The molecule has 108 valence electrons. The molecule has 0 heterocycles. The fourth-order valence-electron chi connectivity index (χ4n) is 2.01. The van der Waals surface area contributed by atoms with E-state index in [0.717, 1.165) is 6.42 Å². The summed E-state index contributed by atoms with van der Waals surface area (Å²) in [6.07, 6.45) is 1.51. The number of carboxylic acid groups (broad SMARTS) is 1. The highest BCUT2D eigenvalue weighted by Crippen LogP contribution is 2.11. The van der Waals surface area contributed by atoms with Crippen LogP contribution in [0.4, 0.5) is 0 Å². The molecule has 0 bridgehead atoms. The lowest BCUT2D eigenvalue weighted by molar-refractivity contribution is 0.0490. The van der Waals surface area contributed by atoms with Crippen LogP contribution >= 0.6 is 0 Å². The number of carbonyl (C=O) groups excluding carboxylic acids is 1. The van der Waals surface area contributed by atoms with Crippen LogP contribution in [0, 0.1) is 0 Å². The number of rotatable bonds is 6. The summed E-state index contributed by atoms with van der Waals surface area (Å²) in [6, 6.07) is 16.0. The fourth-order valence-corrected chi connectivity index (χ4v) is 2.01. The summed E-state index contributed by atoms with van der Waals surface area (Å²) >= 11 is 0. The average Bonchev–Trinajstić information content (AvgIpc) is 2.52. The molecule has 0 spiro atoms. The van der Waals surface area contributed by atoms with Gasteiger partial charge in [0, 0.05) is 0 Å². The van der Waals surface area contributed by atoms with E-state index in [1.54, 1.807) is 12.1 Å². The highest BCUT2D eigenvalue weighted by atomic mass is 16.5. The molecule has 0 aromatic heterocycles. The van der Waals surface area contributed by atoms with Gasteiger partial charge in [-0.05, 0) is 30.5 Å². The Labute approximate surface area is 123 Å². The predicted molar refractivity (Wildman–Crippen MR) is 78.4 cm³/mol. The molecule has 0 atom stereocenters. The Morgan fingerprint density at radius 2 is 1.52 bits per heavy atom. The first-order valence-electron chi connectivity index (χ1n) is 6.72. The molecule has 1 N–H and O–H groups in total. The number of carboxylic acids is 1. The topological polar surface area (TPSA) is 63.6 Å². The van der Waals surface area contributed by atoms with Crippen molar-refractivity contribution in [3.63, 3.8) is 0 Å². The summed E-state index contributed by atoms with van der Waals surface area (Å²) in [6.45, 7) is 0.266.